The normalized spacial score (nSPS) is 26.6. The third kappa shape index (κ3) is 5.31. The Morgan fingerprint density at radius 1 is 1.06 bits per heavy atom. The van der Waals surface area contributed by atoms with Gasteiger partial charge in [0.25, 0.3) is 0 Å². The Balaban J connectivity index is 2.04. The molecule has 1 aliphatic rings. The number of hydrogen-bond donors (Lipinski definition) is 1. The van der Waals surface area contributed by atoms with E-state index >= 15 is 0 Å². The summed E-state index contributed by atoms with van der Waals surface area (Å²) in [6.07, 6.45) is 5.87. The van der Waals surface area contributed by atoms with Gasteiger partial charge in [-0.05, 0) is 51.4 Å². The van der Waals surface area contributed by atoms with E-state index in [1.807, 2.05) is 0 Å². The molecular formula is C14H29NO. The third-order valence-electron chi connectivity index (χ3n) is 3.70. The van der Waals surface area contributed by atoms with Crippen LogP contribution in [0.4, 0.5) is 0 Å². The van der Waals surface area contributed by atoms with E-state index < -0.39 is 0 Å². The quantitative estimate of drug-likeness (QED) is 0.704. The van der Waals surface area contributed by atoms with E-state index in [4.69, 9.17) is 4.74 Å². The van der Waals surface area contributed by atoms with Gasteiger partial charge in [-0.3, -0.25) is 0 Å². The minimum absolute atomic E-state index is 0.360. The second-order valence-electron chi connectivity index (χ2n) is 5.73. The van der Waals surface area contributed by atoms with Gasteiger partial charge in [-0.1, -0.05) is 13.8 Å². The molecule has 16 heavy (non-hydrogen) atoms. The van der Waals surface area contributed by atoms with Crippen molar-refractivity contribution in [2.45, 2.75) is 65.5 Å². The molecule has 0 amide bonds. The van der Waals surface area contributed by atoms with Gasteiger partial charge in [0.1, 0.15) is 0 Å². The summed E-state index contributed by atoms with van der Waals surface area (Å²) < 4.78 is 5.53. The monoisotopic (exact) mass is 227 g/mol. The predicted octanol–water partition coefficient (Wildman–Crippen LogP) is 3.22. The fraction of sp³-hybridized carbons (Fsp3) is 1.00. The summed E-state index contributed by atoms with van der Waals surface area (Å²) in [5.41, 5.74) is 0. The van der Waals surface area contributed by atoms with Crippen LogP contribution in [0.15, 0.2) is 0 Å². The molecule has 0 atom stereocenters. The van der Waals surface area contributed by atoms with Gasteiger partial charge >= 0.3 is 0 Å². The molecule has 1 aliphatic carbocycles. The Labute approximate surface area is 101 Å². The highest BCUT2D eigenvalue weighted by atomic mass is 16.5. The van der Waals surface area contributed by atoms with Crippen LogP contribution >= 0.6 is 0 Å². The van der Waals surface area contributed by atoms with Crippen LogP contribution in [0.25, 0.3) is 0 Å². The zero-order valence-corrected chi connectivity index (χ0v) is 11.5. The van der Waals surface area contributed by atoms with E-state index in [1.54, 1.807) is 0 Å². The molecule has 0 radical (unpaired) electrons. The van der Waals surface area contributed by atoms with Crippen molar-refractivity contribution in [3.63, 3.8) is 0 Å². The van der Waals surface area contributed by atoms with Crippen molar-refractivity contribution in [1.29, 1.82) is 0 Å². The summed E-state index contributed by atoms with van der Waals surface area (Å²) >= 11 is 0. The molecule has 0 saturated heterocycles. The lowest BCUT2D eigenvalue weighted by Gasteiger charge is -2.31. The van der Waals surface area contributed by atoms with Crippen LogP contribution in [-0.4, -0.2) is 25.3 Å². The predicted molar refractivity (Wildman–Crippen MR) is 69.7 cm³/mol. The minimum Gasteiger partial charge on any atom is -0.377 e. The molecule has 0 heterocycles. The molecule has 0 aromatic rings. The zero-order valence-electron chi connectivity index (χ0n) is 11.5. The van der Waals surface area contributed by atoms with E-state index in [-0.39, 0.29) is 0 Å². The second kappa shape index (κ2) is 7.29. The van der Waals surface area contributed by atoms with Gasteiger partial charge in [0.05, 0.1) is 12.7 Å². The highest BCUT2D eigenvalue weighted by molar-refractivity contribution is 4.78. The van der Waals surface area contributed by atoms with Crippen molar-refractivity contribution >= 4 is 0 Å². The third-order valence-corrected chi connectivity index (χ3v) is 3.70. The van der Waals surface area contributed by atoms with Crippen molar-refractivity contribution in [3.8, 4) is 0 Å². The highest BCUT2D eigenvalue weighted by Crippen LogP contribution is 2.29. The zero-order chi connectivity index (χ0) is 12.0. The van der Waals surface area contributed by atoms with Gasteiger partial charge in [-0.15, -0.1) is 0 Å². The first kappa shape index (κ1) is 14.0. The molecule has 1 saturated carbocycles. The summed E-state index contributed by atoms with van der Waals surface area (Å²) in [4.78, 5) is 0. The minimum atomic E-state index is 0.360. The van der Waals surface area contributed by atoms with Crippen LogP contribution in [-0.2, 0) is 4.74 Å². The SMILES string of the molecule is CC(C)OCCNC1CCC(C(C)C)CC1. The number of nitrogens with one attached hydrogen (secondary N) is 1. The molecule has 2 heteroatoms. The fourth-order valence-corrected chi connectivity index (χ4v) is 2.55. The lowest BCUT2D eigenvalue weighted by Crippen LogP contribution is -2.36. The van der Waals surface area contributed by atoms with Gasteiger partial charge in [0.2, 0.25) is 0 Å². The highest BCUT2D eigenvalue weighted by Gasteiger charge is 2.22. The average Bonchev–Trinajstić information content (AvgIpc) is 2.25. The van der Waals surface area contributed by atoms with Gasteiger partial charge in [-0.25, -0.2) is 0 Å². The maximum atomic E-state index is 5.53. The Morgan fingerprint density at radius 3 is 2.19 bits per heavy atom. The van der Waals surface area contributed by atoms with Crippen LogP contribution < -0.4 is 5.32 Å². The van der Waals surface area contributed by atoms with E-state index in [0.29, 0.717) is 6.10 Å². The molecule has 0 aromatic carbocycles. The van der Waals surface area contributed by atoms with Crippen molar-refractivity contribution in [2.24, 2.45) is 11.8 Å². The van der Waals surface area contributed by atoms with Gasteiger partial charge in [0, 0.05) is 12.6 Å². The Kier molecular flexibility index (Phi) is 6.37. The maximum Gasteiger partial charge on any atom is 0.0594 e. The molecule has 1 N–H and O–H groups in total. The van der Waals surface area contributed by atoms with Crippen LogP contribution in [0.2, 0.25) is 0 Å². The van der Waals surface area contributed by atoms with Crippen LogP contribution in [0.5, 0.6) is 0 Å². The lowest BCUT2D eigenvalue weighted by molar-refractivity contribution is 0.0776. The van der Waals surface area contributed by atoms with E-state index in [9.17, 15) is 0 Å². The molecule has 0 bridgehead atoms. The molecule has 0 aromatic heterocycles. The summed E-state index contributed by atoms with van der Waals surface area (Å²) in [7, 11) is 0. The summed E-state index contributed by atoms with van der Waals surface area (Å²) in [6.45, 7) is 10.8. The standard InChI is InChI=1S/C14H29NO/c1-11(2)13-5-7-14(8-6-13)15-9-10-16-12(3)4/h11-15H,5-10H2,1-4H3. The number of ether oxygens (including phenoxy) is 1. The first-order valence-corrected chi connectivity index (χ1v) is 6.94. The smallest absolute Gasteiger partial charge is 0.0594 e. The summed E-state index contributed by atoms with van der Waals surface area (Å²) in [5, 5.41) is 3.61. The fourth-order valence-electron chi connectivity index (χ4n) is 2.55. The molecule has 0 spiro atoms. The number of rotatable bonds is 6. The Morgan fingerprint density at radius 2 is 1.69 bits per heavy atom. The topological polar surface area (TPSA) is 21.3 Å². The van der Waals surface area contributed by atoms with E-state index in [1.165, 1.54) is 25.7 Å². The van der Waals surface area contributed by atoms with Crippen molar-refractivity contribution < 1.29 is 4.74 Å². The van der Waals surface area contributed by atoms with Crippen LogP contribution in [0.1, 0.15) is 53.4 Å². The van der Waals surface area contributed by atoms with E-state index in [2.05, 4.69) is 33.0 Å². The molecule has 2 nitrogen and oxygen atoms in total. The van der Waals surface area contributed by atoms with Crippen molar-refractivity contribution in [2.75, 3.05) is 13.2 Å². The summed E-state index contributed by atoms with van der Waals surface area (Å²) in [5.74, 6) is 1.83. The Bertz CT molecular complexity index is 172. The molecule has 1 rings (SSSR count). The molecule has 0 aliphatic heterocycles. The van der Waals surface area contributed by atoms with Crippen LogP contribution in [0, 0.1) is 11.8 Å². The van der Waals surface area contributed by atoms with Crippen molar-refractivity contribution in [3.05, 3.63) is 0 Å². The molecule has 96 valence electrons. The first-order valence-electron chi connectivity index (χ1n) is 6.94. The van der Waals surface area contributed by atoms with Crippen molar-refractivity contribution in [1.82, 2.24) is 5.32 Å². The largest absolute Gasteiger partial charge is 0.377 e. The average molecular weight is 227 g/mol. The summed E-state index contributed by atoms with van der Waals surface area (Å²) in [6, 6.07) is 0.741. The molecular weight excluding hydrogens is 198 g/mol. The van der Waals surface area contributed by atoms with E-state index in [0.717, 1.165) is 31.0 Å². The van der Waals surface area contributed by atoms with Crippen LogP contribution in [0.3, 0.4) is 0 Å². The maximum absolute atomic E-state index is 5.53. The number of hydrogen-bond acceptors (Lipinski definition) is 2. The second-order valence-corrected chi connectivity index (χ2v) is 5.73. The lowest BCUT2D eigenvalue weighted by atomic mass is 9.80. The van der Waals surface area contributed by atoms with Gasteiger partial charge < -0.3 is 10.1 Å². The first-order chi connectivity index (χ1) is 7.59. The molecule has 1 fully saturated rings. The van der Waals surface area contributed by atoms with Gasteiger partial charge in [0.15, 0.2) is 0 Å². The Hall–Kier alpha value is -0.0800. The van der Waals surface area contributed by atoms with Gasteiger partial charge in [-0.2, -0.15) is 0 Å². The molecule has 0 unspecified atom stereocenters.